The van der Waals surface area contributed by atoms with Crippen molar-refractivity contribution in [1.29, 1.82) is 0 Å². The van der Waals surface area contributed by atoms with Crippen molar-refractivity contribution in [3.05, 3.63) is 46.8 Å². The smallest absolute Gasteiger partial charge is 0.434 e. The lowest BCUT2D eigenvalue weighted by Gasteiger charge is -2.19. The topological polar surface area (TPSA) is 73.3 Å². The van der Waals surface area contributed by atoms with Crippen LogP contribution in [0.2, 0.25) is 0 Å². The summed E-state index contributed by atoms with van der Waals surface area (Å²) in [6, 6.07) is 7.46. The number of pyridine rings is 2. The Morgan fingerprint density at radius 2 is 2.12 bits per heavy atom. The average molecular weight is 394 g/mol. The number of rotatable bonds is 7. The van der Waals surface area contributed by atoms with Gasteiger partial charge in [-0.05, 0) is 59.5 Å². The third kappa shape index (κ3) is 5.49. The third-order valence-corrected chi connectivity index (χ3v) is 3.80. The van der Waals surface area contributed by atoms with Gasteiger partial charge in [0.25, 0.3) is 0 Å². The van der Waals surface area contributed by atoms with Crippen molar-refractivity contribution in [2.45, 2.75) is 32.7 Å². The van der Waals surface area contributed by atoms with Gasteiger partial charge in [0.1, 0.15) is 4.60 Å². The summed E-state index contributed by atoms with van der Waals surface area (Å²) in [6.07, 6.45) is 4.41. The van der Waals surface area contributed by atoms with Gasteiger partial charge in [0.15, 0.2) is 11.6 Å². The molecule has 0 amide bonds. The molecular formula is C17H20BrN3O3. The Hall–Kier alpha value is -2.15. The number of nitrogens with zero attached hydrogens (tertiary/aromatic N) is 2. The molecule has 7 heteroatoms. The zero-order chi connectivity index (χ0) is 17.4. The Morgan fingerprint density at radius 1 is 1.29 bits per heavy atom. The molecule has 0 fully saturated rings. The van der Waals surface area contributed by atoms with Gasteiger partial charge in [-0.3, -0.25) is 0 Å². The summed E-state index contributed by atoms with van der Waals surface area (Å²) in [5.41, 5.74) is 1.11. The van der Waals surface area contributed by atoms with Crippen LogP contribution in [0.4, 0.5) is 10.6 Å². The van der Waals surface area contributed by atoms with Crippen LogP contribution in [-0.2, 0) is 11.2 Å². The Bertz CT molecular complexity index is 664. The number of hydrogen-bond donors (Lipinski definition) is 1. The first-order chi connectivity index (χ1) is 11.6. The quantitative estimate of drug-likeness (QED) is 0.560. The lowest BCUT2D eigenvalue weighted by atomic mass is 10.1. The minimum absolute atomic E-state index is 0.132. The molecule has 0 aliphatic heterocycles. The van der Waals surface area contributed by atoms with Crippen molar-refractivity contribution in [3.8, 4) is 5.75 Å². The van der Waals surface area contributed by atoms with Gasteiger partial charge in [0.05, 0.1) is 6.61 Å². The molecule has 0 aliphatic carbocycles. The van der Waals surface area contributed by atoms with Crippen LogP contribution in [0, 0.1) is 0 Å². The van der Waals surface area contributed by atoms with Crippen molar-refractivity contribution in [1.82, 2.24) is 9.97 Å². The molecule has 0 aromatic carbocycles. The van der Waals surface area contributed by atoms with Gasteiger partial charge in [-0.25, -0.2) is 14.8 Å². The van der Waals surface area contributed by atoms with Crippen molar-refractivity contribution in [2.24, 2.45) is 0 Å². The van der Waals surface area contributed by atoms with Gasteiger partial charge in [0.2, 0.25) is 0 Å². The lowest BCUT2D eigenvalue weighted by Crippen LogP contribution is -2.23. The van der Waals surface area contributed by atoms with Crippen molar-refractivity contribution in [3.63, 3.8) is 0 Å². The van der Waals surface area contributed by atoms with Crippen LogP contribution in [-0.4, -0.2) is 28.8 Å². The molecular weight excluding hydrogens is 374 g/mol. The number of carbonyl (C=O) groups excluding carboxylic acids is 1. The van der Waals surface area contributed by atoms with Gasteiger partial charge in [-0.2, -0.15) is 0 Å². The van der Waals surface area contributed by atoms with Gasteiger partial charge >= 0.3 is 6.16 Å². The molecule has 6 nitrogen and oxygen atoms in total. The van der Waals surface area contributed by atoms with Crippen LogP contribution in [0.25, 0.3) is 0 Å². The highest BCUT2D eigenvalue weighted by Gasteiger charge is 2.15. The second kappa shape index (κ2) is 9.22. The highest BCUT2D eigenvalue weighted by Crippen LogP contribution is 2.23. The standard InChI is InChI=1S/C17H20BrN3O3/c1-3-13(10-12-7-8-15(18)20-11-12)21-16-14(6-5-9-19-16)24-17(22)23-4-2/h5-9,11,13H,3-4,10H2,1-2H3,(H,19,21). The largest absolute Gasteiger partial charge is 0.513 e. The summed E-state index contributed by atoms with van der Waals surface area (Å²) >= 11 is 3.33. The summed E-state index contributed by atoms with van der Waals surface area (Å²) in [5.74, 6) is 0.866. The van der Waals surface area contributed by atoms with E-state index in [-0.39, 0.29) is 12.6 Å². The summed E-state index contributed by atoms with van der Waals surface area (Å²) in [6.45, 7) is 4.07. The Labute approximate surface area is 149 Å². The minimum atomic E-state index is -0.737. The Morgan fingerprint density at radius 3 is 2.79 bits per heavy atom. The van der Waals surface area contributed by atoms with Gasteiger partial charge in [-0.15, -0.1) is 0 Å². The zero-order valence-corrected chi connectivity index (χ0v) is 15.2. The van der Waals surface area contributed by atoms with Crippen molar-refractivity contribution >= 4 is 27.9 Å². The van der Waals surface area contributed by atoms with Crippen molar-refractivity contribution < 1.29 is 14.3 Å². The molecule has 1 unspecified atom stereocenters. The summed E-state index contributed by atoms with van der Waals surface area (Å²) < 4.78 is 10.8. The van der Waals surface area contributed by atoms with Crippen LogP contribution < -0.4 is 10.1 Å². The van der Waals surface area contributed by atoms with Crippen LogP contribution in [0.15, 0.2) is 41.3 Å². The van der Waals surface area contributed by atoms with E-state index in [2.05, 4.69) is 38.1 Å². The second-order valence-electron chi connectivity index (χ2n) is 5.08. The Kier molecular flexibility index (Phi) is 6.99. The molecule has 128 valence electrons. The monoisotopic (exact) mass is 393 g/mol. The highest BCUT2D eigenvalue weighted by atomic mass is 79.9. The molecule has 2 heterocycles. The van der Waals surface area contributed by atoms with E-state index in [4.69, 9.17) is 9.47 Å². The van der Waals surface area contributed by atoms with Crippen LogP contribution >= 0.6 is 15.9 Å². The van der Waals surface area contributed by atoms with Crippen LogP contribution in [0.1, 0.15) is 25.8 Å². The molecule has 1 atom stereocenters. The van der Waals surface area contributed by atoms with Crippen molar-refractivity contribution in [2.75, 3.05) is 11.9 Å². The fourth-order valence-corrected chi connectivity index (χ4v) is 2.36. The number of anilines is 1. The highest BCUT2D eigenvalue weighted by molar-refractivity contribution is 9.10. The number of nitrogens with one attached hydrogen (secondary N) is 1. The lowest BCUT2D eigenvalue weighted by molar-refractivity contribution is 0.104. The van der Waals surface area contributed by atoms with Gasteiger partial charge < -0.3 is 14.8 Å². The number of ether oxygens (including phenoxy) is 2. The molecule has 0 aliphatic rings. The van der Waals surface area contributed by atoms with E-state index in [1.54, 1.807) is 25.3 Å². The number of carbonyl (C=O) groups is 1. The van der Waals surface area contributed by atoms with E-state index in [0.29, 0.717) is 11.6 Å². The van der Waals surface area contributed by atoms with E-state index in [9.17, 15) is 4.79 Å². The third-order valence-electron chi connectivity index (χ3n) is 3.33. The number of hydrogen-bond acceptors (Lipinski definition) is 6. The first kappa shape index (κ1) is 18.2. The predicted molar refractivity (Wildman–Crippen MR) is 95.2 cm³/mol. The van der Waals surface area contributed by atoms with Gasteiger partial charge in [-0.1, -0.05) is 13.0 Å². The molecule has 0 saturated carbocycles. The maximum absolute atomic E-state index is 11.5. The van der Waals surface area contributed by atoms with E-state index in [0.717, 1.165) is 23.0 Å². The molecule has 2 aromatic heterocycles. The van der Waals surface area contributed by atoms with E-state index in [1.807, 2.05) is 18.3 Å². The molecule has 2 aromatic rings. The van der Waals surface area contributed by atoms with Crippen LogP contribution in [0.3, 0.4) is 0 Å². The first-order valence-electron chi connectivity index (χ1n) is 7.79. The number of halogens is 1. The predicted octanol–water partition coefficient (Wildman–Crippen LogP) is 4.21. The molecule has 0 bridgehead atoms. The fourth-order valence-electron chi connectivity index (χ4n) is 2.12. The summed E-state index contributed by atoms with van der Waals surface area (Å²) in [7, 11) is 0. The zero-order valence-electron chi connectivity index (χ0n) is 13.7. The van der Waals surface area contributed by atoms with E-state index in [1.165, 1.54) is 0 Å². The average Bonchev–Trinajstić information content (AvgIpc) is 2.58. The summed E-state index contributed by atoms with van der Waals surface area (Å²) in [4.78, 5) is 20.0. The maximum atomic E-state index is 11.5. The van der Waals surface area contributed by atoms with E-state index >= 15 is 0 Å². The van der Waals surface area contributed by atoms with E-state index < -0.39 is 6.16 Å². The maximum Gasteiger partial charge on any atom is 0.513 e. The molecule has 1 N–H and O–H groups in total. The van der Waals surface area contributed by atoms with Crippen LogP contribution in [0.5, 0.6) is 5.75 Å². The summed E-state index contributed by atoms with van der Waals surface area (Å²) in [5, 5.41) is 3.32. The molecule has 2 rings (SSSR count). The molecule has 0 saturated heterocycles. The second-order valence-corrected chi connectivity index (χ2v) is 5.89. The molecule has 0 radical (unpaired) electrons. The normalized spacial score (nSPS) is 11.6. The number of aromatic nitrogens is 2. The Balaban J connectivity index is 2.07. The molecule has 24 heavy (non-hydrogen) atoms. The minimum Gasteiger partial charge on any atom is -0.434 e. The SMILES string of the molecule is CCOC(=O)Oc1cccnc1NC(CC)Cc1ccc(Br)nc1. The first-order valence-corrected chi connectivity index (χ1v) is 8.58. The van der Waals surface area contributed by atoms with Gasteiger partial charge in [0, 0.05) is 18.4 Å². The molecule has 0 spiro atoms. The fraction of sp³-hybridized carbons (Fsp3) is 0.353.